The Morgan fingerprint density at radius 3 is 2.55 bits per heavy atom. The van der Waals surface area contributed by atoms with E-state index < -0.39 is 0 Å². The average molecular weight is 406 g/mol. The number of nitrogens with zero attached hydrogens (tertiary/aromatic N) is 1. The fourth-order valence-electron chi connectivity index (χ4n) is 2.73. The zero-order valence-corrected chi connectivity index (χ0v) is 17.5. The van der Waals surface area contributed by atoms with Gasteiger partial charge in [0.2, 0.25) is 0 Å². The van der Waals surface area contributed by atoms with Crippen molar-refractivity contribution >= 4 is 29.3 Å². The van der Waals surface area contributed by atoms with Crippen LogP contribution in [0.15, 0.2) is 70.7 Å². The van der Waals surface area contributed by atoms with Gasteiger partial charge in [0, 0.05) is 28.9 Å². The standard InChI is InChI=1S/C23H23N3O2S/c1-4-24-21(27)17-7-5-8-18(14-17)26-22(28)20-9-6-12-25-23(20)29-19-11-10-15(2)16(3)13-19/h5-14H,4H2,1-3H3,(H,24,27)(H,26,28). The summed E-state index contributed by atoms with van der Waals surface area (Å²) in [6.45, 7) is 6.54. The fraction of sp³-hybridized carbons (Fsp3) is 0.174. The Morgan fingerprint density at radius 1 is 0.966 bits per heavy atom. The van der Waals surface area contributed by atoms with Crippen LogP contribution in [0.1, 0.15) is 38.8 Å². The first-order chi connectivity index (χ1) is 14.0. The summed E-state index contributed by atoms with van der Waals surface area (Å²) in [5, 5.41) is 6.26. The Hall–Kier alpha value is -3.12. The molecule has 3 aromatic rings. The van der Waals surface area contributed by atoms with Gasteiger partial charge in [-0.05, 0) is 74.4 Å². The van der Waals surface area contributed by atoms with Gasteiger partial charge in [0.15, 0.2) is 0 Å². The third-order valence-electron chi connectivity index (χ3n) is 4.43. The molecule has 0 bridgehead atoms. The van der Waals surface area contributed by atoms with Gasteiger partial charge in [-0.2, -0.15) is 0 Å². The van der Waals surface area contributed by atoms with E-state index in [1.807, 2.05) is 13.0 Å². The van der Waals surface area contributed by atoms with Crippen LogP contribution in [-0.4, -0.2) is 23.3 Å². The van der Waals surface area contributed by atoms with Gasteiger partial charge < -0.3 is 10.6 Å². The van der Waals surface area contributed by atoms with Crippen LogP contribution in [0.25, 0.3) is 0 Å². The number of hydrogen-bond donors (Lipinski definition) is 2. The van der Waals surface area contributed by atoms with Gasteiger partial charge >= 0.3 is 0 Å². The van der Waals surface area contributed by atoms with Crippen LogP contribution in [0, 0.1) is 13.8 Å². The number of carbonyl (C=O) groups is 2. The van der Waals surface area contributed by atoms with Crippen LogP contribution in [-0.2, 0) is 0 Å². The Balaban J connectivity index is 1.81. The molecule has 29 heavy (non-hydrogen) atoms. The van der Waals surface area contributed by atoms with Crippen LogP contribution in [0.3, 0.4) is 0 Å². The maximum absolute atomic E-state index is 12.9. The molecule has 2 N–H and O–H groups in total. The number of rotatable bonds is 6. The number of pyridine rings is 1. The summed E-state index contributed by atoms with van der Waals surface area (Å²) in [7, 11) is 0. The lowest BCUT2D eigenvalue weighted by atomic mass is 10.1. The van der Waals surface area contributed by atoms with Gasteiger partial charge in [-0.25, -0.2) is 4.98 Å². The maximum atomic E-state index is 12.9. The van der Waals surface area contributed by atoms with E-state index in [-0.39, 0.29) is 11.8 Å². The van der Waals surface area contributed by atoms with Crippen molar-refractivity contribution in [1.82, 2.24) is 10.3 Å². The van der Waals surface area contributed by atoms with Crippen LogP contribution in [0.4, 0.5) is 5.69 Å². The molecule has 0 spiro atoms. The van der Waals surface area contributed by atoms with Gasteiger partial charge in [0.1, 0.15) is 5.03 Å². The highest BCUT2D eigenvalue weighted by atomic mass is 32.2. The normalized spacial score (nSPS) is 10.4. The molecule has 0 radical (unpaired) electrons. The Morgan fingerprint density at radius 2 is 1.79 bits per heavy atom. The number of aromatic nitrogens is 1. The van der Waals surface area contributed by atoms with E-state index >= 15 is 0 Å². The molecule has 0 fully saturated rings. The third-order valence-corrected chi connectivity index (χ3v) is 5.44. The molecule has 148 valence electrons. The van der Waals surface area contributed by atoms with E-state index in [4.69, 9.17) is 0 Å². The molecule has 0 unspecified atom stereocenters. The van der Waals surface area contributed by atoms with Crippen LogP contribution >= 0.6 is 11.8 Å². The van der Waals surface area contributed by atoms with Crippen molar-refractivity contribution in [3.63, 3.8) is 0 Å². The predicted molar refractivity (Wildman–Crippen MR) is 117 cm³/mol. The molecule has 0 aliphatic heterocycles. The van der Waals surface area contributed by atoms with Gasteiger partial charge in [-0.1, -0.05) is 23.9 Å². The second-order valence-corrected chi connectivity index (χ2v) is 7.66. The fourth-order valence-corrected chi connectivity index (χ4v) is 3.71. The van der Waals surface area contributed by atoms with E-state index in [2.05, 4.69) is 41.6 Å². The summed E-state index contributed by atoms with van der Waals surface area (Å²) in [6, 6.07) is 16.5. The lowest BCUT2D eigenvalue weighted by Crippen LogP contribution is -2.22. The molecule has 1 aromatic heterocycles. The van der Waals surface area contributed by atoms with Gasteiger partial charge in [0.25, 0.3) is 11.8 Å². The smallest absolute Gasteiger partial charge is 0.258 e. The second-order valence-electron chi connectivity index (χ2n) is 6.60. The van der Waals surface area contributed by atoms with Gasteiger partial charge in [-0.15, -0.1) is 0 Å². The van der Waals surface area contributed by atoms with E-state index in [1.54, 1.807) is 42.6 Å². The van der Waals surface area contributed by atoms with Crippen LogP contribution in [0.5, 0.6) is 0 Å². The Bertz CT molecular complexity index is 1050. The highest BCUT2D eigenvalue weighted by Gasteiger charge is 2.15. The molecule has 5 nitrogen and oxygen atoms in total. The zero-order chi connectivity index (χ0) is 20.8. The Labute approximate surface area is 175 Å². The van der Waals surface area contributed by atoms with E-state index in [0.717, 1.165) is 4.90 Å². The molecule has 3 rings (SSSR count). The third kappa shape index (κ3) is 5.23. The minimum Gasteiger partial charge on any atom is -0.352 e. The van der Waals surface area contributed by atoms with Crippen molar-refractivity contribution in [2.24, 2.45) is 0 Å². The summed E-state index contributed by atoms with van der Waals surface area (Å²) in [5.74, 6) is -0.437. The predicted octanol–water partition coefficient (Wildman–Crippen LogP) is 4.85. The highest BCUT2D eigenvalue weighted by molar-refractivity contribution is 7.99. The number of benzene rings is 2. The second kappa shape index (κ2) is 9.39. The average Bonchev–Trinajstić information content (AvgIpc) is 2.71. The van der Waals surface area contributed by atoms with Crippen molar-refractivity contribution in [2.75, 3.05) is 11.9 Å². The zero-order valence-electron chi connectivity index (χ0n) is 16.7. The molecule has 0 saturated heterocycles. The topological polar surface area (TPSA) is 71.1 Å². The summed E-state index contributed by atoms with van der Waals surface area (Å²) < 4.78 is 0. The lowest BCUT2D eigenvalue weighted by molar-refractivity contribution is 0.0954. The summed E-state index contributed by atoms with van der Waals surface area (Å²) in [4.78, 5) is 30.3. The van der Waals surface area contributed by atoms with Crippen molar-refractivity contribution < 1.29 is 9.59 Å². The quantitative estimate of drug-likeness (QED) is 0.615. The molecule has 2 amide bonds. The molecule has 0 aliphatic rings. The molecule has 2 aromatic carbocycles. The van der Waals surface area contributed by atoms with Crippen LogP contribution < -0.4 is 10.6 Å². The van der Waals surface area contributed by atoms with Crippen molar-refractivity contribution in [2.45, 2.75) is 30.7 Å². The maximum Gasteiger partial charge on any atom is 0.258 e. The molecule has 6 heteroatoms. The first-order valence-corrected chi connectivity index (χ1v) is 10.2. The van der Waals surface area contributed by atoms with Crippen LogP contribution in [0.2, 0.25) is 0 Å². The Kier molecular flexibility index (Phi) is 6.67. The first-order valence-electron chi connectivity index (χ1n) is 9.37. The number of aryl methyl sites for hydroxylation is 2. The van der Waals surface area contributed by atoms with Crippen molar-refractivity contribution in [3.05, 3.63) is 83.0 Å². The van der Waals surface area contributed by atoms with E-state index in [1.165, 1.54) is 22.9 Å². The first kappa shape index (κ1) is 20.6. The minimum absolute atomic E-state index is 0.170. The molecule has 0 saturated carbocycles. The molecular formula is C23H23N3O2S. The molecule has 0 aliphatic carbocycles. The van der Waals surface area contributed by atoms with E-state index in [0.29, 0.717) is 28.4 Å². The van der Waals surface area contributed by atoms with Gasteiger partial charge in [-0.3, -0.25) is 9.59 Å². The molecule has 1 heterocycles. The summed E-state index contributed by atoms with van der Waals surface area (Å²) in [6.07, 6.45) is 1.68. The van der Waals surface area contributed by atoms with Crippen molar-refractivity contribution in [1.29, 1.82) is 0 Å². The SMILES string of the molecule is CCNC(=O)c1cccc(NC(=O)c2cccnc2Sc2ccc(C)c(C)c2)c1. The number of carbonyl (C=O) groups excluding carboxylic acids is 2. The van der Waals surface area contributed by atoms with E-state index in [9.17, 15) is 9.59 Å². The summed E-state index contributed by atoms with van der Waals surface area (Å²) >= 11 is 1.45. The molecule has 0 atom stereocenters. The number of amides is 2. The minimum atomic E-state index is -0.266. The molecular weight excluding hydrogens is 382 g/mol. The largest absolute Gasteiger partial charge is 0.352 e. The number of anilines is 1. The highest BCUT2D eigenvalue weighted by Crippen LogP contribution is 2.30. The monoisotopic (exact) mass is 405 g/mol. The van der Waals surface area contributed by atoms with Crippen molar-refractivity contribution in [3.8, 4) is 0 Å². The lowest BCUT2D eigenvalue weighted by Gasteiger charge is -2.11. The summed E-state index contributed by atoms with van der Waals surface area (Å²) in [5.41, 5.74) is 3.96. The van der Waals surface area contributed by atoms with Gasteiger partial charge in [0.05, 0.1) is 5.56 Å². The number of nitrogens with one attached hydrogen (secondary N) is 2. The number of hydrogen-bond acceptors (Lipinski definition) is 4.